The summed E-state index contributed by atoms with van der Waals surface area (Å²) in [4.78, 5) is 26.9. The molecule has 4 rings (SSSR count). The molecule has 3 aliphatic rings. The maximum Gasteiger partial charge on any atom is 0.268 e. The average molecular weight is 358 g/mol. The van der Waals surface area contributed by atoms with Gasteiger partial charge in [-0.3, -0.25) is 9.59 Å². The Balaban J connectivity index is 1.29. The number of hydrogen-bond acceptors (Lipinski definition) is 4. The van der Waals surface area contributed by atoms with E-state index in [0.29, 0.717) is 18.4 Å². The van der Waals surface area contributed by atoms with Crippen LogP contribution in [0.2, 0.25) is 0 Å². The van der Waals surface area contributed by atoms with Crippen molar-refractivity contribution in [3.05, 3.63) is 22.6 Å². The zero-order chi connectivity index (χ0) is 17.9. The number of rotatable bonds is 6. The highest BCUT2D eigenvalue weighted by Crippen LogP contribution is 2.30. The van der Waals surface area contributed by atoms with Gasteiger partial charge >= 0.3 is 0 Å². The van der Waals surface area contributed by atoms with Gasteiger partial charge < -0.3 is 10.2 Å². The summed E-state index contributed by atoms with van der Waals surface area (Å²) in [5.41, 5.74) is 0.823. The van der Waals surface area contributed by atoms with Crippen molar-refractivity contribution < 1.29 is 4.79 Å². The topological polar surface area (TPSA) is 67.2 Å². The Morgan fingerprint density at radius 3 is 2.65 bits per heavy atom. The molecule has 1 aliphatic heterocycles. The number of nitrogens with one attached hydrogen (secondary N) is 1. The highest BCUT2D eigenvalue weighted by molar-refractivity contribution is 5.80. The van der Waals surface area contributed by atoms with Gasteiger partial charge in [0.1, 0.15) is 0 Å². The van der Waals surface area contributed by atoms with Crippen LogP contribution in [0.3, 0.4) is 0 Å². The molecule has 0 radical (unpaired) electrons. The highest BCUT2D eigenvalue weighted by atomic mass is 16.2. The number of hydrogen-bond donors (Lipinski definition) is 1. The van der Waals surface area contributed by atoms with Crippen LogP contribution >= 0.6 is 0 Å². The number of amides is 1. The van der Waals surface area contributed by atoms with E-state index >= 15 is 0 Å². The Bertz CT molecular complexity index is 691. The van der Waals surface area contributed by atoms with Crippen molar-refractivity contribution in [2.45, 2.75) is 57.9 Å². The van der Waals surface area contributed by atoms with Gasteiger partial charge in [-0.2, -0.15) is 5.10 Å². The lowest BCUT2D eigenvalue weighted by atomic mass is 9.89. The summed E-state index contributed by atoms with van der Waals surface area (Å²) in [6.45, 7) is 3.07. The molecule has 1 saturated heterocycles. The van der Waals surface area contributed by atoms with Gasteiger partial charge in [0.25, 0.3) is 5.56 Å². The van der Waals surface area contributed by atoms with Gasteiger partial charge in [-0.1, -0.05) is 19.3 Å². The second kappa shape index (κ2) is 7.80. The van der Waals surface area contributed by atoms with Crippen molar-refractivity contribution in [3.63, 3.8) is 0 Å². The smallest absolute Gasteiger partial charge is 0.268 e. The minimum absolute atomic E-state index is 0.0208. The average Bonchev–Trinajstić information content (AvgIpc) is 3.34. The molecule has 0 spiro atoms. The van der Waals surface area contributed by atoms with Crippen LogP contribution in [-0.4, -0.2) is 35.3 Å². The number of anilines is 1. The third kappa shape index (κ3) is 4.27. The van der Waals surface area contributed by atoms with Crippen LogP contribution in [0.5, 0.6) is 0 Å². The summed E-state index contributed by atoms with van der Waals surface area (Å²) >= 11 is 0. The van der Waals surface area contributed by atoms with E-state index in [1.807, 2.05) is 0 Å². The molecule has 0 aromatic carbocycles. The molecule has 2 heterocycles. The van der Waals surface area contributed by atoms with Gasteiger partial charge in [0.05, 0.1) is 17.8 Å². The maximum absolute atomic E-state index is 12.5. The normalized spacial score (nSPS) is 24.0. The van der Waals surface area contributed by atoms with Crippen LogP contribution in [0, 0.1) is 17.8 Å². The van der Waals surface area contributed by atoms with E-state index in [9.17, 15) is 9.59 Å². The first-order valence-corrected chi connectivity index (χ1v) is 10.3. The molecule has 3 fully saturated rings. The Kier molecular flexibility index (Phi) is 5.27. The fraction of sp³-hybridized carbons (Fsp3) is 0.750. The lowest BCUT2D eigenvalue weighted by Crippen LogP contribution is -2.36. The molecule has 1 aromatic rings. The Morgan fingerprint density at radius 2 is 1.92 bits per heavy atom. The minimum atomic E-state index is -0.0281. The van der Waals surface area contributed by atoms with Gasteiger partial charge in [0, 0.05) is 32.2 Å². The third-order valence-electron chi connectivity index (χ3n) is 6.20. The Morgan fingerprint density at radius 1 is 1.12 bits per heavy atom. The molecule has 0 bridgehead atoms. The number of carbonyl (C=O) groups is 1. The zero-order valence-electron chi connectivity index (χ0n) is 15.5. The van der Waals surface area contributed by atoms with E-state index in [1.165, 1.54) is 44.9 Å². The summed E-state index contributed by atoms with van der Waals surface area (Å²) in [6.07, 6.45) is 11.5. The summed E-state index contributed by atoms with van der Waals surface area (Å²) < 4.78 is 1.58. The monoisotopic (exact) mass is 358 g/mol. The van der Waals surface area contributed by atoms with Crippen LogP contribution < -0.4 is 15.8 Å². The van der Waals surface area contributed by atoms with Gasteiger partial charge in [-0.25, -0.2) is 4.68 Å². The second-order valence-corrected chi connectivity index (χ2v) is 8.36. The fourth-order valence-corrected chi connectivity index (χ4v) is 4.27. The van der Waals surface area contributed by atoms with Crippen LogP contribution in [0.25, 0.3) is 0 Å². The van der Waals surface area contributed by atoms with Crippen LogP contribution in [0.1, 0.15) is 51.4 Å². The third-order valence-corrected chi connectivity index (χ3v) is 6.20. The summed E-state index contributed by atoms with van der Waals surface area (Å²) in [5.74, 6) is 1.49. The predicted octanol–water partition coefficient (Wildman–Crippen LogP) is 2.18. The van der Waals surface area contributed by atoms with E-state index in [2.05, 4.69) is 15.3 Å². The Hall–Kier alpha value is -1.85. The molecule has 2 saturated carbocycles. The second-order valence-electron chi connectivity index (χ2n) is 8.36. The molecule has 6 heteroatoms. The maximum atomic E-state index is 12.5. The molecule has 1 aromatic heterocycles. The predicted molar refractivity (Wildman–Crippen MR) is 101 cm³/mol. The van der Waals surface area contributed by atoms with Crippen molar-refractivity contribution in [2.75, 3.05) is 24.5 Å². The Labute approximate surface area is 155 Å². The van der Waals surface area contributed by atoms with Crippen LogP contribution in [0.4, 0.5) is 5.69 Å². The van der Waals surface area contributed by atoms with Crippen molar-refractivity contribution in [2.24, 2.45) is 17.8 Å². The highest BCUT2D eigenvalue weighted by Gasteiger charge is 2.29. The zero-order valence-corrected chi connectivity index (χ0v) is 15.5. The summed E-state index contributed by atoms with van der Waals surface area (Å²) in [6, 6.07) is 1.68. The SMILES string of the molecule is O=C(NCC1CCCCC1)C1CCN(c2cnn(CC3CC3)c(=O)c2)C1. The molecule has 1 unspecified atom stereocenters. The molecular formula is C20H30N4O2. The van der Waals surface area contributed by atoms with Gasteiger partial charge in [-0.15, -0.1) is 0 Å². The minimum Gasteiger partial charge on any atom is -0.369 e. The first-order valence-electron chi connectivity index (χ1n) is 10.3. The van der Waals surface area contributed by atoms with Crippen molar-refractivity contribution in [1.29, 1.82) is 0 Å². The van der Waals surface area contributed by atoms with Crippen molar-refractivity contribution in [1.82, 2.24) is 15.1 Å². The van der Waals surface area contributed by atoms with Gasteiger partial charge in [0.2, 0.25) is 5.91 Å². The van der Waals surface area contributed by atoms with Gasteiger partial charge in [0.15, 0.2) is 0 Å². The molecule has 2 aliphatic carbocycles. The van der Waals surface area contributed by atoms with E-state index in [0.717, 1.165) is 31.7 Å². The number of aromatic nitrogens is 2. The lowest BCUT2D eigenvalue weighted by Gasteiger charge is -2.23. The summed E-state index contributed by atoms with van der Waals surface area (Å²) in [5, 5.41) is 7.50. The molecule has 142 valence electrons. The molecule has 1 amide bonds. The molecule has 6 nitrogen and oxygen atoms in total. The number of carbonyl (C=O) groups excluding carboxylic acids is 1. The van der Waals surface area contributed by atoms with Gasteiger partial charge in [-0.05, 0) is 43.9 Å². The fourth-order valence-electron chi connectivity index (χ4n) is 4.27. The molecule has 1 N–H and O–H groups in total. The first kappa shape index (κ1) is 17.6. The lowest BCUT2D eigenvalue weighted by molar-refractivity contribution is -0.124. The van der Waals surface area contributed by atoms with Crippen molar-refractivity contribution in [3.8, 4) is 0 Å². The quantitative estimate of drug-likeness (QED) is 0.846. The van der Waals surface area contributed by atoms with E-state index < -0.39 is 0 Å². The van der Waals surface area contributed by atoms with E-state index in [4.69, 9.17) is 0 Å². The van der Waals surface area contributed by atoms with Crippen LogP contribution in [0.15, 0.2) is 17.1 Å². The van der Waals surface area contributed by atoms with Crippen LogP contribution in [-0.2, 0) is 11.3 Å². The molecular weight excluding hydrogens is 328 g/mol. The molecule has 1 atom stereocenters. The standard InChI is InChI=1S/C20H30N4O2/c25-19-10-18(12-22-24(19)13-16-6-7-16)23-9-8-17(14-23)20(26)21-11-15-4-2-1-3-5-15/h10,12,15-17H,1-9,11,13-14H2,(H,21,26). The molecule has 26 heavy (non-hydrogen) atoms. The number of nitrogens with zero attached hydrogens (tertiary/aromatic N) is 3. The van der Waals surface area contributed by atoms with E-state index in [-0.39, 0.29) is 17.4 Å². The summed E-state index contributed by atoms with van der Waals surface area (Å²) in [7, 11) is 0. The van der Waals surface area contributed by atoms with E-state index in [1.54, 1.807) is 16.9 Å². The largest absolute Gasteiger partial charge is 0.369 e. The first-order chi connectivity index (χ1) is 12.7. The van der Waals surface area contributed by atoms with Crippen molar-refractivity contribution >= 4 is 11.6 Å².